The number of hydrogen-bond donors (Lipinski definition) is 1. The summed E-state index contributed by atoms with van der Waals surface area (Å²) in [6.07, 6.45) is 7.26. The minimum Gasteiger partial charge on any atom is -0.493 e. The largest absolute Gasteiger partial charge is 0.493 e. The fourth-order valence-electron chi connectivity index (χ4n) is 2.73. The Balaban J connectivity index is 1.46. The van der Waals surface area contributed by atoms with Gasteiger partial charge in [0.25, 0.3) is 0 Å². The molecule has 1 N–H and O–H groups in total. The van der Waals surface area contributed by atoms with Crippen LogP contribution in [0, 0.1) is 5.82 Å². The molecule has 1 heterocycles. The van der Waals surface area contributed by atoms with Gasteiger partial charge in [-0.05, 0) is 56.7 Å². The zero-order valence-electron chi connectivity index (χ0n) is 12.4. The first-order valence-corrected chi connectivity index (χ1v) is 8.07. The molecule has 4 heteroatoms. The molecule has 116 valence electrons. The van der Waals surface area contributed by atoms with E-state index in [-0.39, 0.29) is 5.82 Å². The quantitative estimate of drug-likeness (QED) is 0.745. The molecule has 0 aromatic heterocycles. The molecule has 0 bridgehead atoms. The molecule has 1 aromatic carbocycles. The van der Waals surface area contributed by atoms with E-state index in [1.54, 1.807) is 12.1 Å². The number of benzene rings is 1. The molecule has 0 radical (unpaired) electrons. The van der Waals surface area contributed by atoms with E-state index in [1.165, 1.54) is 31.7 Å². The van der Waals surface area contributed by atoms with E-state index < -0.39 is 0 Å². The highest BCUT2D eigenvalue weighted by Crippen LogP contribution is 2.24. The molecule has 3 nitrogen and oxygen atoms in total. The van der Waals surface area contributed by atoms with Gasteiger partial charge in [-0.2, -0.15) is 0 Å². The third kappa shape index (κ3) is 4.68. The Morgan fingerprint density at radius 2 is 2.19 bits per heavy atom. The molecule has 1 aromatic rings. The lowest BCUT2D eigenvalue weighted by Crippen LogP contribution is -2.16. The Morgan fingerprint density at radius 1 is 1.29 bits per heavy atom. The minimum absolute atomic E-state index is 0.200. The van der Waals surface area contributed by atoms with Crippen molar-refractivity contribution in [2.75, 3.05) is 13.2 Å². The van der Waals surface area contributed by atoms with Gasteiger partial charge >= 0.3 is 0 Å². The molecule has 2 aliphatic rings. The summed E-state index contributed by atoms with van der Waals surface area (Å²) in [5.74, 6) is 0.603. The Bertz CT molecular complexity index is 456. The average molecular weight is 293 g/mol. The summed E-state index contributed by atoms with van der Waals surface area (Å²) in [6.45, 7) is 2.26. The van der Waals surface area contributed by atoms with Gasteiger partial charge in [0.2, 0.25) is 0 Å². The van der Waals surface area contributed by atoms with Crippen LogP contribution in [0.3, 0.4) is 0 Å². The highest BCUT2D eigenvalue weighted by molar-refractivity contribution is 5.34. The molecule has 1 aliphatic heterocycles. The third-order valence-corrected chi connectivity index (χ3v) is 4.13. The fourth-order valence-corrected chi connectivity index (χ4v) is 2.73. The van der Waals surface area contributed by atoms with Crippen molar-refractivity contribution in [3.63, 3.8) is 0 Å². The highest BCUT2D eigenvalue weighted by Gasteiger charge is 2.21. The maximum atomic E-state index is 13.4. The van der Waals surface area contributed by atoms with E-state index in [1.807, 2.05) is 0 Å². The van der Waals surface area contributed by atoms with Crippen molar-refractivity contribution in [3.05, 3.63) is 29.6 Å². The fraction of sp³-hybridized carbons (Fsp3) is 0.647. The Hall–Kier alpha value is -1.13. The van der Waals surface area contributed by atoms with Crippen molar-refractivity contribution in [1.29, 1.82) is 0 Å². The summed E-state index contributed by atoms with van der Waals surface area (Å²) in [5, 5.41) is 3.41. The number of ether oxygens (including phenoxy) is 2. The van der Waals surface area contributed by atoms with Crippen molar-refractivity contribution in [2.45, 2.75) is 57.2 Å². The van der Waals surface area contributed by atoms with Crippen LogP contribution in [-0.4, -0.2) is 25.4 Å². The van der Waals surface area contributed by atoms with Crippen LogP contribution in [0.5, 0.6) is 5.75 Å². The van der Waals surface area contributed by atoms with Gasteiger partial charge in [0.05, 0.1) is 12.7 Å². The van der Waals surface area contributed by atoms with E-state index in [2.05, 4.69) is 5.32 Å². The summed E-state index contributed by atoms with van der Waals surface area (Å²) < 4.78 is 24.8. The van der Waals surface area contributed by atoms with Crippen molar-refractivity contribution >= 4 is 0 Å². The van der Waals surface area contributed by atoms with Crippen LogP contribution < -0.4 is 10.1 Å². The molecular formula is C17H24FNO2. The van der Waals surface area contributed by atoms with Gasteiger partial charge in [-0.25, -0.2) is 4.39 Å². The summed E-state index contributed by atoms with van der Waals surface area (Å²) >= 11 is 0. The lowest BCUT2D eigenvalue weighted by molar-refractivity contribution is 0.0981. The number of nitrogens with one attached hydrogen (secondary N) is 1. The Kier molecular flexibility index (Phi) is 5.09. The Morgan fingerprint density at radius 3 is 2.95 bits per heavy atom. The normalized spacial score (nSPS) is 21.7. The summed E-state index contributed by atoms with van der Waals surface area (Å²) in [7, 11) is 0. The van der Waals surface area contributed by atoms with Crippen LogP contribution in [0.2, 0.25) is 0 Å². The number of rotatable bonds is 8. The molecule has 21 heavy (non-hydrogen) atoms. The molecule has 1 unspecified atom stereocenters. The summed E-state index contributed by atoms with van der Waals surface area (Å²) in [4.78, 5) is 0. The van der Waals surface area contributed by atoms with E-state index in [9.17, 15) is 4.39 Å². The second kappa shape index (κ2) is 7.23. The monoisotopic (exact) mass is 293 g/mol. The van der Waals surface area contributed by atoms with Gasteiger partial charge in [0.1, 0.15) is 11.6 Å². The zero-order valence-corrected chi connectivity index (χ0v) is 12.4. The number of hydrogen-bond acceptors (Lipinski definition) is 3. The SMILES string of the molecule is Fc1ccc(OCCCC2CCCO2)c(CNC2CC2)c1. The van der Waals surface area contributed by atoms with Crippen molar-refractivity contribution < 1.29 is 13.9 Å². The van der Waals surface area contributed by atoms with Crippen molar-refractivity contribution in [1.82, 2.24) is 5.32 Å². The first-order chi connectivity index (χ1) is 10.3. The zero-order chi connectivity index (χ0) is 14.5. The molecule has 1 aliphatic carbocycles. The van der Waals surface area contributed by atoms with Gasteiger partial charge in [0.15, 0.2) is 0 Å². The van der Waals surface area contributed by atoms with Crippen LogP contribution in [0.4, 0.5) is 4.39 Å². The summed E-state index contributed by atoms with van der Waals surface area (Å²) in [6, 6.07) is 5.40. The van der Waals surface area contributed by atoms with Crippen molar-refractivity contribution in [2.24, 2.45) is 0 Å². The van der Waals surface area contributed by atoms with Crippen molar-refractivity contribution in [3.8, 4) is 5.75 Å². The van der Waals surface area contributed by atoms with Gasteiger partial charge in [-0.15, -0.1) is 0 Å². The third-order valence-electron chi connectivity index (χ3n) is 4.13. The standard InChI is InChI=1S/C17H24FNO2/c18-14-5-8-17(13(11-14)12-19-15-6-7-15)21-10-2-4-16-3-1-9-20-16/h5,8,11,15-16,19H,1-4,6-7,9-10,12H2. The topological polar surface area (TPSA) is 30.5 Å². The first-order valence-electron chi connectivity index (χ1n) is 8.07. The average Bonchev–Trinajstić information content (AvgIpc) is 3.17. The van der Waals surface area contributed by atoms with Crippen LogP contribution in [-0.2, 0) is 11.3 Å². The molecule has 1 saturated carbocycles. The van der Waals surface area contributed by atoms with Gasteiger partial charge in [0, 0.05) is 24.8 Å². The highest BCUT2D eigenvalue weighted by atomic mass is 19.1. The predicted octanol–water partition coefficient (Wildman–Crippen LogP) is 3.42. The minimum atomic E-state index is -0.200. The Labute approximate surface area is 125 Å². The van der Waals surface area contributed by atoms with E-state index in [0.29, 0.717) is 25.3 Å². The maximum absolute atomic E-state index is 13.4. The van der Waals surface area contributed by atoms with Crippen LogP contribution >= 0.6 is 0 Å². The smallest absolute Gasteiger partial charge is 0.123 e. The molecule has 3 rings (SSSR count). The first kappa shape index (κ1) is 14.8. The van der Waals surface area contributed by atoms with E-state index in [0.717, 1.165) is 30.8 Å². The van der Waals surface area contributed by atoms with E-state index >= 15 is 0 Å². The predicted molar refractivity (Wildman–Crippen MR) is 80.0 cm³/mol. The van der Waals surface area contributed by atoms with Crippen LogP contribution in [0.15, 0.2) is 18.2 Å². The molecular weight excluding hydrogens is 269 g/mol. The van der Waals surface area contributed by atoms with Crippen LogP contribution in [0.25, 0.3) is 0 Å². The number of halogens is 1. The molecule has 1 atom stereocenters. The maximum Gasteiger partial charge on any atom is 0.123 e. The van der Waals surface area contributed by atoms with Crippen LogP contribution in [0.1, 0.15) is 44.1 Å². The molecule has 0 amide bonds. The second-order valence-electron chi connectivity index (χ2n) is 6.03. The second-order valence-corrected chi connectivity index (χ2v) is 6.03. The lowest BCUT2D eigenvalue weighted by atomic mass is 10.1. The molecule has 2 fully saturated rings. The molecule has 1 saturated heterocycles. The van der Waals surface area contributed by atoms with Gasteiger partial charge in [-0.1, -0.05) is 0 Å². The van der Waals surface area contributed by atoms with Gasteiger partial charge < -0.3 is 14.8 Å². The molecule has 0 spiro atoms. The van der Waals surface area contributed by atoms with E-state index in [4.69, 9.17) is 9.47 Å². The summed E-state index contributed by atoms with van der Waals surface area (Å²) in [5.41, 5.74) is 0.916. The lowest BCUT2D eigenvalue weighted by Gasteiger charge is -2.13. The van der Waals surface area contributed by atoms with Gasteiger partial charge in [-0.3, -0.25) is 0 Å².